The molecule has 4 nitrogen and oxygen atoms in total. The van der Waals surface area contributed by atoms with Crippen LogP contribution in [0.1, 0.15) is 19.4 Å². The Bertz CT molecular complexity index is 579. The number of carbonyl (C=O) groups is 1. The zero-order valence-corrected chi connectivity index (χ0v) is 12.1. The number of benzene rings is 1. The summed E-state index contributed by atoms with van der Waals surface area (Å²) in [4.78, 5) is 11.0. The number of halogens is 2. The SMILES string of the molecule is CC(C)(C(=O)O)S(=O)(=O)Cc1ccc(Cl)cc1Cl. The molecule has 7 heteroatoms. The molecule has 1 aromatic carbocycles. The third kappa shape index (κ3) is 2.96. The second kappa shape index (κ2) is 5.07. The summed E-state index contributed by atoms with van der Waals surface area (Å²) in [5.41, 5.74) is 0.329. The number of aliphatic carboxylic acids is 1. The van der Waals surface area contributed by atoms with Crippen LogP contribution in [0.4, 0.5) is 0 Å². The quantitative estimate of drug-likeness (QED) is 0.928. The Labute approximate surface area is 115 Å². The molecule has 0 saturated heterocycles. The van der Waals surface area contributed by atoms with Crippen LogP contribution in [-0.4, -0.2) is 24.2 Å². The maximum atomic E-state index is 12.0. The lowest BCUT2D eigenvalue weighted by Gasteiger charge is -2.20. The van der Waals surface area contributed by atoms with Gasteiger partial charge in [-0.15, -0.1) is 0 Å². The summed E-state index contributed by atoms with van der Waals surface area (Å²) in [5, 5.41) is 9.52. The van der Waals surface area contributed by atoms with Crippen LogP contribution >= 0.6 is 23.2 Å². The minimum atomic E-state index is -3.87. The number of rotatable bonds is 4. The molecule has 0 fully saturated rings. The average molecular weight is 311 g/mol. The van der Waals surface area contributed by atoms with Gasteiger partial charge in [0, 0.05) is 10.0 Å². The fourth-order valence-electron chi connectivity index (χ4n) is 1.16. The highest BCUT2D eigenvalue weighted by Crippen LogP contribution is 2.27. The topological polar surface area (TPSA) is 71.4 Å². The normalized spacial score (nSPS) is 12.4. The van der Waals surface area contributed by atoms with Crippen LogP contribution in [0, 0.1) is 0 Å². The molecule has 0 heterocycles. The highest BCUT2D eigenvalue weighted by atomic mass is 35.5. The Hall–Kier alpha value is -0.780. The summed E-state index contributed by atoms with van der Waals surface area (Å²) >= 11 is 11.6. The molecule has 0 radical (unpaired) electrons. The standard InChI is InChI=1S/C11H12Cl2O4S/c1-11(2,10(14)15)18(16,17)6-7-3-4-8(12)5-9(7)13/h3-5H,6H2,1-2H3,(H,14,15). The van der Waals surface area contributed by atoms with Gasteiger partial charge in [-0.05, 0) is 31.5 Å². The van der Waals surface area contributed by atoms with Gasteiger partial charge in [0.25, 0.3) is 0 Å². The molecule has 1 N–H and O–H groups in total. The van der Waals surface area contributed by atoms with Gasteiger partial charge in [-0.3, -0.25) is 4.79 Å². The molecule has 0 aromatic heterocycles. The van der Waals surface area contributed by atoms with Gasteiger partial charge in [0.1, 0.15) is 0 Å². The van der Waals surface area contributed by atoms with Crippen LogP contribution in [-0.2, 0) is 20.4 Å². The van der Waals surface area contributed by atoms with Crippen LogP contribution in [0.15, 0.2) is 18.2 Å². The fourth-order valence-corrected chi connectivity index (χ4v) is 3.00. The minimum absolute atomic E-state index is 0.201. The molecule has 0 aliphatic heterocycles. The molecular weight excluding hydrogens is 299 g/mol. The average Bonchev–Trinajstić information content (AvgIpc) is 2.21. The van der Waals surface area contributed by atoms with E-state index in [1.165, 1.54) is 18.2 Å². The minimum Gasteiger partial charge on any atom is -0.480 e. The van der Waals surface area contributed by atoms with Crippen molar-refractivity contribution in [2.75, 3.05) is 0 Å². The smallest absolute Gasteiger partial charge is 0.324 e. The maximum absolute atomic E-state index is 12.0. The highest BCUT2D eigenvalue weighted by Gasteiger charge is 2.41. The lowest BCUT2D eigenvalue weighted by atomic mass is 10.2. The zero-order valence-electron chi connectivity index (χ0n) is 9.78. The van der Waals surface area contributed by atoms with Crippen molar-refractivity contribution in [3.63, 3.8) is 0 Å². The second-order valence-corrected chi connectivity index (χ2v) is 7.69. The fraction of sp³-hybridized carbons (Fsp3) is 0.364. The van der Waals surface area contributed by atoms with E-state index in [-0.39, 0.29) is 5.02 Å². The molecule has 0 unspecified atom stereocenters. The summed E-state index contributed by atoms with van der Waals surface area (Å²) in [7, 11) is -3.87. The summed E-state index contributed by atoms with van der Waals surface area (Å²) in [6.45, 7) is 2.29. The summed E-state index contributed by atoms with van der Waals surface area (Å²) in [6, 6.07) is 4.40. The predicted molar refractivity (Wildman–Crippen MR) is 70.8 cm³/mol. The van der Waals surface area contributed by atoms with E-state index in [0.717, 1.165) is 13.8 Å². The zero-order chi connectivity index (χ0) is 14.1. The van der Waals surface area contributed by atoms with Crippen molar-refractivity contribution >= 4 is 39.0 Å². The number of sulfone groups is 1. The van der Waals surface area contributed by atoms with Crippen molar-refractivity contribution in [1.82, 2.24) is 0 Å². The first-order valence-corrected chi connectivity index (χ1v) is 7.38. The number of hydrogen-bond donors (Lipinski definition) is 1. The number of hydrogen-bond acceptors (Lipinski definition) is 3. The molecule has 0 atom stereocenters. The highest BCUT2D eigenvalue weighted by molar-refractivity contribution is 7.92. The molecule has 0 saturated carbocycles. The molecule has 0 aliphatic rings. The van der Waals surface area contributed by atoms with Gasteiger partial charge >= 0.3 is 5.97 Å². The Morgan fingerprint density at radius 2 is 1.89 bits per heavy atom. The lowest BCUT2D eigenvalue weighted by molar-refractivity contribution is -0.139. The van der Waals surface area contributed by atoms with Crippen molar-refractivity contribution in [3.8, 4) is 0 Å². The van der Waals surface area contributed by atoms with E-state index in [9.17, 15) is 13.2 Å². The van der Waals surface area contributed by atoms with Crippen molar-refractivity contribution in [2.24, 2.45) is 0 Å². The van der Waals surface area contributed by atoms with Gasteiger partial charge in [0.05, 0.1) is 5.75 Å². The van der Waals surface area contributed by atoms with Crippen LogP contribution in [0.25, 0.3) is 0 Å². The van der Waals surface area contributed by atoms with Crippen LogP contribution in [0.3, 0.4) is 0 Å². The Morgan fingerprint density at radius 3 is 2.33 bits per heavy atom. The molecule has 0 spiro atoms. The van der Waals surface area contributed by atoms with Gasteiger partial charge in [-0.2, -0.15) is 0 Å². The third-order valence-electron chi connectivity index (χ3n) is 2.65. The molecule has 0 aliphatic carbocycles. The Morgan fingerprint density at radius 1 is 1.33 bits per heavy atom. The van der Waals surface area contributed by atoms with Gasteiger partial charge < -0.3 is 5.11 Å². The number of carboxylic acids is 1. The van der Waals surface area contributed by atoms with Crippen molar-refractivity contribution in [1.29, 1.82) is 0 Å². The molecule has 1 rings (SSSR count). The Balaban J connectivity index is 3.15. The lowest BCUT2D eigenvalue weighted by Crippen LogP contribution is -2.41. The molecular formula is C11H12Cl2O4S. The first-order valence-electron chi connectivity index (χ1n) is 4.97. The monoisotopic (exact) mass is 310 g/mol. The summed E-state index contributed by atoms with van der Waals surface area (Å²) in [5.74, 6) is -1.84. The van der Waals surface area contributed by atoms with Crippen LogP contribution < -0.4 is 0 Å². The molecule has 0 amide bonds. The molecule has 1 aromatic rings. The van der Waals surface area contributed by atoms with Crippen LogP contribution in [0.5, 0.6) is 0 Å². The van der Waals surface area contributed by atoms with E-state index in [4.69, 9.17) is 28.3 Å². The van der Waals surface area contributed by atoms with Gasteiger partial charge in [0.2, 0.25) is 0 Å². The van der Waals surface area contributed by atoms with Gasteiger partial charge in [-0.1, -0.05) is 29.3 Å². The van der Waals surface area contributed by atoms with Crippen molar-refractivity contribution < 1.29 is 18.3 Å². The first-order chi connectivity index (χ1) is 8.08. The van der Waals surface area contributed by atoms with E-state index in [1.54, 1.807) is 0 Å². The molecule has 18 heavy (non-hydrogen) atoms. The van der Waals surface area contributed by atoms with Crippen LogP contribution in [0.2, 0.25) is 10.0 Å². The predicted octanol–water partition coefficient (Wildman–Crippen LogP) is 2.77. The van der Waals surface area contributed by atoms with Gasteiger partial charge in [-0.25, -0.2) is 8.42 Å². The van der Waals surface area contributed by atoms with E-state index in [1.807, 2.05) is 0 Å². The molecule has 0 bridgehead atoms. The summed E-state index contributed by atoms with van der Waals surface area (Å²) < 4.78 is 22.2. The van der Waals surface area contributed by atoms with E-state index < -0.39 is 26.3 Å². The van der Waals surface area contributed by atoms with Crippen molar-refractivity contribution in [2.45, 2.75) is 24.3 Å². The molecule has 100 valence electrons. The van der Waals surface area contributed by atoms with E-state index >= 15 is 0 Å². The second-order valence-electron chi connectivity index (χ2n) is 4.31. The number of carboxylic acid groups (broad SMARTS) is 1. The first kappa shape index (κ1) is 15.3. The van der Waals surface area contributed by atoms with Gasteiger partial charge in [0.15, 0.2) is 14.6 Å². The van der Waals surface area contributed by atoms with E-state index in [0.29, 0.717) is 10.6 Å². The third-order valence-corrected chi connectivity index (χ3v) is 5.66. The summed E-state index contributed by atoms with van der Waals surface area (Å²) in [6.07, 6.45) is 0. The maximum Gasteiger partial charge on any atom is 0.324 e. The van der Waals surface area contributed by atoms with E-state index in [2.05, 4.69) is 0 Å². The largest absolute Gasteiger partial charge is 0.480 e. The van der Waals surface area contributed by atoms with Crippen molar-refractivity contribution in [3.05, 3.63) is 33.8 Å². The Kier molecular flexibility index (Phi) is 4.30.